The Bertz CT molecular complexity index is 679. The summed E-state index contributed by atoms with van der Waals surface area (Å²) in [5.74, 6) is 3.02. The normalized spacial score (nSPS) is 16.4. The Morgan fingerprint density at radius 3 is 2.19 bits per heavy atom. The van der Waals surface area contributed by atoms with Crippen molar-refractivity contribution in [2.24, 2.45) is 4.99 Å². The SMILES string of the molecule is CCC(C)N(C)CCNC(=NC)N1CCN(Cc2cc(OC)c(OC)c(OC)c2)CC1. The number of benzene rings is 1. The minimum absolute atomic E-state index is 0.600. The first-order valence-corrected chi connectivity index (χ1v) is 11.1. The monoisotopic (exact) mass is 435 g/mol. The highest BCUT2D eigenvalue weighted by Crippen LogP contribution is 2.38. The van der Waals surface area contributed by atoms with Crippen molar-refractivity contribution < 1.29 is 14.2 Å². The van der Waals surface area contributed by atoms with E-state index in [1.807, 2.05) is 19.2 Å². The van der Waals surface area contributed by atoms with Crippen LogP contribution in [0, 0.1) is 0 Å². The summed E-state index contributed by atoms with van der Waals surface area (Å²) in [4.78, 5) is 11.7. The zero-order chi connectivity index (χ0) is 22.8. The molecule has 1 saturated heterocycles. The Labute approximate surface area is 188 Å². The lowest BCUT2D eigenvalue weighted by atomic mass is 10.1. The predicted octanol–water partition coefficient (Wildman–Crippen LogP) is 2.14. The second kappa shape index (κ2) is 12.6. The number of guanidine groups is 1. The van der Waals surface area contributed by atoms with Gasteiger partial charge in [0, 0.05) is 58.9 Å². The number of rotatable bonds is 10. The van der Waals surface area contributed by atoms with Crippen LogP contribution in [-0.2, 0) is 6.54 Å². The molecule has 1 unspecified atom stereocenters. The van der Waals surface area contributed by atoms with E-state index in [1.165, 1.54) is 6.42 Å². The molecule has 1 aromatic rings. The summed E-state index contributed by atoms with van der Waals surface area (Å²) in [6.45, 7) is 11.1. The number of likely N-dealkylation sites (N-methyl/N-ethyl adjacent to an activating group) is 1. The van der Waals surface area contributed by atoms with Gasteiger partial charge in [0.15, 0.2) is 17.5 Å². The molecule has 1 aromatic carbocycles. The van der Waals surface area contributed by atoms with Crippen molar-refractivity contribution >= 4 is 5.96 Å². The fourth-order valence-electron chi connectivity index (χ4n) is 3.81. The number of nitrogens with one attached hydrogen (secondary N) is 1. The molecule has 176 valence electrons. The molecule has 0 saturated carbocycles. The molecule has 1 heterocycles. The maximum absolute atomic E-state index is 5.49. The number of ether oxygens (including phenoxy) is 3. The number of nitrogens with zero attached hydrogens (tertiary/aromatic N) is 4. The molecule has 1 N–H and O–H groups in total. The molecule has 8 nitrogen and oxygen atoms in total. The molecule has 31 heavy (non-hydrogen) atoms. The maximum atomic E-state index is 5.49. The first kappa shape index (κ1) is 25.1. The lowest BCUT2D eigenvalue weighted by Gasteiger charge is -2.37. The highest BCUT2D eigenvalue weighted by Gasteiger charge is 2.21. The molecular weight excluding hydrogens is 394 g/mol. The van der Waals surface area contributed by atoms with Crippen LogP contribution in [0.5, 0.6) is 17.2 Å². The van der Waals surface area contributed by atoms with Gasteiger partial charge >= 0.3 is 0 Å². The van der Waals surface area contributed by atoms with Crippen molar-refractivity contribution in [3.8, 4) is 17.2 Å². The smallest absolute Gasteiger partial charge is 0.203 e. The van der Waals surface area contributed by atoms with Gasteiger partial charge in [-0.25, -0.2) is 0 Å². The quantitative estimate of drug-likeness (QED) is 0.446. The van der Waals surface area contributed by atoms with Crippen molar-refractivity contribution in [3.05, 3.63) is 17.7 Å². The maximum Gasteiger partial charge on any atom is 0.203 e. The molecule has 0 bridgehead atoms. The Kier molecular flexibility index (Phi) is 10.2. The number of hydrogen-bond acceptors (Lipinski definition) is 6. The highest BCUT2D eigenvalue weighted by molar-refractivity contribution is 5.80. The first-order valence-electron chi connectivity index (χ1n) is 11.1. The van der Waals surface area contributed by atoms with Crippen LogP contribution in [0.15, 0.2) is 17.1 Å². The molecular formula is C23H41N5O3. The minimum Gasteiger partial charge on any atom is -0.493 e. The van der Waals surface area contributed by atoms with E-state index >= 15 is 0 Å². The summed E-state index contributed by atoms with van der Waals surface area (Å²) >= 11 is 0. The highest BCUT2D eigenvalue weighted by atomic mass is 16.5. The second-order valence-corrected chi connectivity index (χ2v) is 8.01. The molecule has 1 aliphatic heterocycles. The lowest BCUT2D eigenvalue weighted by molar-refractivity contribution is 0.171. The molecule has 1 atom stereocenters. The molecule has 0 spiro atoms. The first-order chi connectivity index (χ1) is 15.0. The Morgan fingerprint density at radius 1 is 1.10 bits per heavy atom. The molecule has 0 aliphatic carbocycles. The Balaban J connectivity index is 1.88. The van der Waals surface area contributed by atoms with Gasteiger partial charge in [0.1, 0.15) is 0 Å². The van der Waals surface area contributed by atoms with E-state index in [0.29, 0.717) is 23.3 Å². The van der Waals surface area contributed by atoms with Crippen molar-refractivity contribution in [2.75, 3.05) is 74.7 Å². The standard InChI is InChI=1S/C23H41N5O3/c1-8-18(2)26(4)10-9-25-23(24-3)28-13-11-27(12-14-28)17-19-15-20(29-5)22(31-7)21(16-19)30-6/h15-16,18H,8-14,17H2,1-7H3,(H,24,25). The number of methoxy groups -OCH3 is 3. The fraction of sp³-hybridized carbons (Fsp3) is 0.696. The third kappa shape index (κ3) is 6.90. The van der Waals surface area contributed by atoms with E-state index in [2.05, 4.69) is 45.9 Å². The largest absolute Gasteiger partial charge is 0.493 e. The van der Waals surface area contributed by atoms with Gasteiger partial charge in [-0.15, -0.1) is 0 Å². The zero-order valence-electron chi connectivity index (χ0n) is 20.4. The molecule has 8 heteroatoms. The van der Waals surface area contributed by atoms with Crippen molar-refractivity contribution in [3.63, 3.8) is 0 Å². The van der Waals surface area contributed by atoms with Crippen LogP contribution in [0.4, 0.5) is 0 Å². The second-order valence-electron chi connectivity index (χ2n) is 8.01. The van der Waals surface area contributed by atoms with E-state index in [-0.39, 0.29) is 0 Å². The summed E-state index contributed by atoms with van der Waals surface area (Å²) < 4.78 is 16.4. The average Bonchev–Trinajstić information content (AvgIpc) is 2.81. The minimum atomic E-state index is 0.600. The van der Waals surface area contributed by atoms with Gasteiger partial charge in [0.05, 0.1) is 21.3 Å². The van der Waals surface area contributed by atoms with E-state index < -0.39 is 0 Å². The lowest BCUT2D eigenvalue weighted by Crippen LogP contribution is -2.53. The molecule has 0 aromatic heterocycles. The van der Waals surface area contributed by atoms with Crippen LogP contribution in [-0.4, -0.2) is 101 Å². The summed E-state index contributed by atoms with van der Waals surface area (Å²) in [7, 11) is 8.98. The van der Waals surface area contributed by atoms with Gasteiger partial charge in [-0.1, -0.05) is 6.92 Å². The molecule has 0 radical (unpaired) electrons. The van der Waals surface area contributed by atoms with Crippen LogP contribution in [0.2, 0.25) is 0 Å². The molecule has 1 fully saturated rings. The van der Waals surface area contributed by atoms with Crippen molar-refractivity contribution in [1.29, 1.82) is 0 Å². The van der Waals surface area contributed by atoms with Gasteiger partial charge in [-0.3, -0.25) is 9.89 Å². The van der Waals surface area contributed by atoms with E-state index in [4.69, 9.17) is 14.2 Å². The molecule has 1 aliphatic rings. The third-order valence-corrected chi connectivity index (χ3v) is 6.11. The van der Waals surface area contributed by atoms with Crippen LogP contribution in [0.1, 0.15) is 25.8 Å². The molecule has 2 rings (SSSR count). The summed E-state index contributed by atoms with van der Waals surface area (Å²) in [6, 6.07) is 4.66. The Morgan fingerprint density at radius 2 is 1.71 bits per heavy atom. The molecule has 0 amide bonds. The summed E-state index contributed by atoms with van der Waals surface area (Å²) in [5, 5.41) is 3.53. The van der Waals surface area contributed by atoms with E-state index in [1.54, 1.807) is 21.3 Å². The van der Waals surface area contributed by atoms with Gasteiger partial charge in [0.25, 0.3) is 0 Å². The van der Waals surface area contributed by atoms with Crippen LogP contribution in [0.25, 0.3) is 0 Å². The van der Waals surface area contributed by atoms with E-state index in [0.717, 1.165) is 57.3 Å². The van der Waals surface area contributed by atoms with Crippen LogP contribution in [0.3, 0.4) is 0 Å². The fourth-order valence-corrected chi connectivity index (χ4v) is 3.81. The van der Waals surface area contributed by atoms with Gasteiger partial charge in [-0.05, 0) is 38.1 Å². The number of hydrogen-bond donors (Lipinski definition) is 1. The number of aliphatic imine (C=N–C) groups is 1. The predicted molar refractivity (Wildman–Crippen MR) is 127 cm³/mol. The van der Waals surface area contributed by atoms with Crippen molar-refractivity contribution in [2.45, 2.75) is 32.9 Å². The van der Waals surface area contributed by atoms with Gasteiger partial charge in [-0.2, -0.15) is 0 Å². The zero-order valence-corrected chi connectivity index (χ0v) is 20.4. The average molecular weight is 436 g/mol. The van der Waals surface area contributed by atoms with Crippen molar-refractivity contribution in [1.82, 2.24) is 20.0 Å². The summed E-state index contributed by atoms with van der Waals surface area (Å²) in [5.41, 5.74) is 1.15. The third-order valence-electron chi connectivity index (χ3n) is 6.11. The Hall–Kier alpha value is -2.19. The van der Waals surface area contributed by atoms with Crippen LogP contribution < -0.4 is 19.5 Å². The van der Waals surface area contributed by atoms with Crippen LogP contribution >= 0.6 is 0 Å². The summed E-state index contributed by atoms with van der Waals surface area (Å²) in [6.07, 6.45) is 1.17. The van der Waals surface area contributed by atoms with Gasteiger partial charge in [0.2, 0.25) is 5.75 Å². The number of piperazine rings is 1. The van der Waals surface area contributed by atoms with Gasteiger partial charge < -0.3 is 29.3 Å². The van der Waals surface area contributed by atoms with E-state index in [9.17, 15) is 0 Å². The topological polar surface area (TPSA) is 61.8 Å².